The minimum Gasteiger partial charge on any atom is -0.598 e. The van der Waals surface area contributed by atoms with Crippen LogP contribution in [0.15, 0.2) is 12.1 Å². The molecule has 30 heavy (non-hydrogen) atoms. The zero-order valence-corrected chi connectivity index (χ0v) is 20.0. The third-order valence-corrected chi connectivity index (χ3v) is 7.38. The first-order valence-electron chi connectivity index (χ1n) is 10.5. The predicted molar refractivity (Wildman–Crippen MR) is 118 cm³/mol. The van der Waals surface area contributed by atoms with Crippen LogP contribution < -0.4 is 9.46 Å². The molecule has 1 spiro atoms. The second kappa shape index (κ2) is 8.20. The fourth-order valence-corrected chi connectivity index (χ4v) is 5.09. The van der Waals surface area contributed by atoms with Crippen molar-refractivity contribution in [3.63, 3.8) is 0 Å². The number of nitrogens with zero attached hydrogens (tertiary/aromatic N) is 2. The SMILES string of the molecule is COc1ccc2c(n1)[C@H](N[S+]([O-])C(C)(C)C)C1(CCN(C(=O)OC(C)(C)C)CC1)C2. The summed E-state index contributed by atoms with van der Waals surface area (Å²) in [6, 6.07) is 3.79. The van der Waals surface area contributed by atoms with E-state index >= 15 is 0 Å². The monoisotopic (exact) mass is 437 g/mol. The minimum atomic E-state index is -1.24. The van der Waals surface area contributed by atoms with E-state index in [-0.39, 0.29) is 22.3 Å². The van der Waals surface area contributed by atoms with Gasteiger partial charge in [0.25, 0.3) is 0 Å². The molecule has 1 aliphatic carbocycles. The molecule has 0 saturated carbocycles. The van der Waals surface area contributed by atoms with Crippen LogP contribution in [0.2, 0.25) is 0 Å². The van der Waals surface area contributed by atoms with Crippen LogP contribution in [0.4, 0.5) is 4.79 Å². The van der Waals surface area contributed by atoms with E-state index in [0.29, 0.717) is 19.0 Å². The number of nitrogens with one attached hydrogen (secondary N) is 1. The number of hydrogen-bond donors (Lipinski definition) is 1. The highest BCUT2D eigenvalue weighted by atomic mass is 32.2. The first-order chi connectivity index (χ1) is 13.8. The van der Waals surface area contributed by atoms with Crippen molar-refractivity contribution in [3.8, 4) is 5.88 Å². The Labute approximate surface area is 183 Å². The number of likely N-dealkylation sites (tertiary alicyclic amines) is 1. The summed E-state index contributed by atoms with van der Waals surface area (Å²) in [5.41, 5.74) is 1.42. The van der Waals surface area contributed by atoms with Crippen LogP contribution in [0.1, 0.15) is 71.7 Å². The lowest BCUT2D eigenvalue weighted by Crippen LogP contribution is -2.51. The van der Waals surface area contributed by atoms with Gasteiger partial charge in [0, 0.05) is 35.9 Å². The molecule has 3 rings (SSSR count). The Kier molecular flexibility index (Phi) is 6.33. The normalized spacial score (nSPS) is 22.0. The van der Waals surface area contributed by atoms with Gasteiger partial charge in [-0.1, -0.05) is 6.07 Å². The maximum Gasteiger partial charge on any atom is 0.410 e. The molecule has 0 bridgehead atoms. The number of piperidine rings is 1. The second-order valence-electron chi connectivity index (χ2n) is 10.3. The number of carbonyl (C=O) groups excluding carboxylic acids is 1. The Morgan fingerprint density at radius 3 is 2.40 bits per heavy atom. The highest BCUT2D eigenvalue weighted by Crippen LogP contribution is 2.52. The molecule has 2 atom stereocenters. The molecule has 168 valence electrons. The summed E-state index contributed by atoms with van der Waals surface area (Å²) in [4.78, 5) is 19.0. The van der Waals surface area contributed by atoms with Gasteiger partial charge in [-0.3, -0.25) is 0 Å². The number of pyridine rings is 1. The Morgan fingerprint density at radius 2 is 1.87 bits per heavy atom. The zero-order valence-electron chi connectivity index (χ0n) is 19.2. The number of carbonyl (C=O) groups is 1. The Balaban J connectivity index is 1.83. The van der Waals surface area contributed by atoms with E-state index in [4.69, 9.17) is 14.5 Å². The third-order valence-electron chi connectivity index (χ3n) is 5.82. The van der Waals surface area contributed by atoms with Crippen molar-refractivity contribution in [2.75, 3.05) is 20.2 Å². The fraction of sp³-hybridized carbons (Fsp3) is 0.727. The molecule has 0 aromatic carbocycles. The minimum absolute atomic E-state index is 0.138. The molecule has 2 aliphatic rings. The third kappa shape index (κ3) is 4.86. The smallest absolute Gasteiger partial charge is 0.410 e. The number of hydrogen-bond acceptors (Lipinski definition) is 6. The van der Waals surface area contributed by atoms with Crippen LogP contribution in [0, 0.1) is 5.41 Å². The van der Waals surface area contributed by atoms with Crippen LogP contribution in [0.3, 0.4) is 0 Å². The van der Waals surface area contributed by atoms with E-state index in [9.17, 15) is 9.35 Å². The van der Waals surface area contributed by atoms with Crippen molar-refractivity contribution in [3.05, 3.63) is 23.4 Å². The van der Waals surface area contributed by atoms with E-state index in [1.807, 2.05) is 47.6 Å². The standard InChI is InChI=1S/C22H35N3O4S/c1-20(2,3)29-19(26)25-12-10-22(11-13-25)14-15-8-9-16(28-7)23-17(15)18(22)24-30(27)21(4,5)6/h8-9,18,24H,10-14H2,1-7H3/t18-,30?/m0/s1. The lowest BCUT2D eigenvalue weighted by Gasteiger charge is -2.43. The summed E-state index contributed by atoms with van der Waals surface area (Å²) < 4.78 is 26.9. The summed E-state index contributed by atoms with van der Waals surface area (Å²) in [7, 11) is 1.61. The number of amides is 1. The van der Waals surface area contributed by atoms with Crippen LogP contribution >= 0.6 is 0 Å². The molecule has 7 nitrogen and oxygen atoms in total. The molecule has 1 N–H and O–H groups in total. The quantitative estimate of drug-likeness (QED) is 0.725. The van der Waals surface area contributed by atoms with Crippen molar-refractivity contribution in [2.24, 2.45) is 5.41 Å². The average molecular weight is 438 g/mol. The van der Waals surface area contributed by atoms with Gasteiger partial charge in [-0.25, -0.2) is 9.78 Å². The Morgan fingerprint density at radius 1 is 1.23 bits per heavy atom. The first-order valence-corrected chi connectivity index (χ1v) is 11.7. The predicted octanol–water partition coefficient (Wildman–Crippen LogP) is 3.76. The zero-order chi connectivity index (χ0) is 22.3. The summed E-state index contributed by atoms with van der Waals surface area (Å²) in [6.07, 6.45) is 2.17. The van der Waals surface area contributed by atoms with Crippen molar-refractivity contribution < 1.29 is 18.8 Å². The number of rotatable bonds is 3. The van der Waals surface area contributed by atoms with Crippen LogP contribution in [-0.2, 0) is 22.5 Å². The highest BCUT2D eigenvalue weighted by molar-refractivity contribution is 7.90. The molecule has 1 fully saturated rings. The van der Waals surface area contributed by atoms with Crippen LogP contribution in [-0.4, -0.2) is 51.1 Å². The topological polar surface area (TPSA) is 86.8 Å². The number of aromatic nitrogens is 1. The maximum atomic E-state index is 13.0. The van der Waals surface area contributed by atoms with E-state index < -0.39 is 17.0 Å². The molecule has 1 aliphatic heterocycles. The molecule has 1 unspecified atom stereocenters. The highest BCUT2D eigenvalue weighted by Gasteiger charge is 2.52. The van der Waals surface area contributed by atoms with E-state index in [1.165, 1.54) is 0 Å². The van der Waals surface area contributed by atoms with E-state index in [0.717, 1.165) is 30.5 Å². The summed E-state index contributed by atoms with van der Waals surface area (Å²) in [5, 5.41) is 0. The number of methoxy groups -OCH3 is 1. The van der Waals surface area contributed by atoms with Gasteiger partial charge >= 0.3 is 6.09 Å². The maximum absolute atomic E-state index is 13.0. The van der Waals surface area contributed by atoms with Crippen LogP contribution in [0.25, 0.3) is 0 Å². The Bertz CT molecular complexity index is 780. The van der Waals surface area contributed by atoms with Crippen molar-refractivity contribution >= 4 is 17.5 Å². The molecule has 1 amide bonds. The Hall–Kier alpha value is -1.51. The molecular formula is C22H35N3O4S. The van der Waals surface area contributed by atoms with Gasteiger partial charge in [0.1, 0.15) is 16.4 Å². The molecule has 1 aromatic heterocycles. The first kappa shape index (κ1) is 23.2. The molecule has 8 heteroatoms. The summed E-state index contributed by atoms with van der Waals surface area (Å²) in [6.45, 7) is 12.7. The molecule has 0 radical (unpaired) electrons. The van der Waals surface area contributed by atoms with Gasteiger partial charge in [-0.2, -0.15) is 0 Å². The number of ether oxygens (including phenoxy) is 2. The second-order valence-corrected chi connectivity index (χ2v) is 12.3. The van der Waals surface area contributed by atoms with Crippen molar-refractivity contribution in [1.82, 2.24) is 14.6 Å². The van der Waals surface area contributed by atoms with Crippen LogP contribution in [0.5, 0.6) is 5.88 Å². The van der Waals surface area contributed by atoms with Gasteiger partial charge in [0.15, 0.2) is 0 Å². The van der Waals surface area contributed by atoms with Crippen molar-refractivity contribution in [2.45, 2.75) is 77.2 Å². The van der Waals surface area contributed by atoms with E-state index in [2.05, 4.69) is 10.8 Å². The van der Waals surface area contributed by atoms with Gasteiger partial charge < -0.3 is 18.9 Å². The fourth-order valence-electron chi connectivity index (χ4n) is 4.16. The molecule has 1 saturated heterocycles. The molecular weight excluding hydrogens is 402 g/mol. The summed E-state index contributed by atoms with van der Waals surface area (Å²) in [5.74, 6) is 0.560. The van der Waals surface area contributed by atoms with Gasteiger partial charge in [-0.15, -0.1) is 4.72 Å². The van der Waals surface area contributed by atoms with Gasteiger partial charge in [0.2, 0.25) is 5.88 Å². The van der Waals surface area contributed by atoms with Crippen molar-refractivity contribution in [1.29, 1.82) is 0 Å². The van der Waals surface area contributed by atoms with Gasteiger partial charge in [-0.05, 0) is 66.4 Å². The number of fused-ring (bicyclic) bond motifs is 1. The van der Waals surface area contributed by atoms with Gasteiger partial charge in [0.05, 0.1) is 12.8 Å². The largest absolute Gasteiger partial charge is 0.598 e. The lowest BCUT2D eigenvalue weighted by atomic mass is 9.73. The lowest BCUT2D eigenvalue weighted by molar-refractivity contribution is 0.00704. The molecule has 2 heterocycles. The summed E-state index contributed by atoms with van der Waals surface area (Å²) >= 11 is -1.24. The molecule has 1 aromatic rings. The van der Waals surface area contributed by atoms with E-state index in [1.54, 1.807) is 12.0 Å². The average Bonchev–Trinajstić information content (AvgIpc) is 2.92.